The lowest BCUT2D eigenvalue weighted by Gasteiger charge is -2.32. The maximum absolute atomic E-state index is 12.5. The fourth-order valence-corrected chi connectivity index (χ4v) is 5.21. The van der Waals surface area contributed by atoms with Crippen LogP contribution in [0.2, 0.25) is 0 Å². The third-order valence-electron chi connectivity index (χ3n) is 7.41. The Morgan fingerprint density at radius 2 is 1.62 bits per heavy atom. The number of nitrogen functional groups attached to an aromatic ring is 2. The first-order chi connectivity index (χ1) is 19.4. The Balaban J connectivity index is 0.00000181. The smallest absolute Gasteiger partial charge is 0.326 e. The lowest BCUT2D eigenvalue weighted by molar-refractivity contribution is 0.0947. The second kappa shape index (κ2) is 13.3. The van der Waals surface area contributed by atoms with Crippen LogP contribution < -0.4 is 22.5 Å². The zero-order valence-electron chi connectivity index (χ0n) is 23.7. The number of aryl methyl sites for hydroxylation is 1. The lowest BCUT2D eigenvalue weighted by Crippen LogP contribution is -2.34. The Morgan fingerprint density at radius 1 is 1.00 bits per heavy atom. The second-order valence-electron chi connectivity index (χ2n) is 10.3. The van der Waals surface area contributed by atoms with Gasteiger partial charge in [-0.05, 0) is 86.7 Å². The predicted molar refractivity (Wildman–Crippen MR) is 162 cm³/mol. The number of fused-ring (bicyclic) bond motifs is 1. The van der Waals surface area contributed by atoms with Gasteiger partial charge in [-0.15, -0.1) is 0 Å². The highest BCUT2D eigenvalue weighted by atomic mass is 16.2. The Morgan fingerprint density at radius 3 is 2.27 bits per heavy atom. The van der Waals surface area contributed by atoms with Gasteiger partial charge in [0.25, 0.3) is 5.91 Å². The van der Waals surface area contributed by atoms with E-state index in [1.807, 2.05) is 26.8 Å². The van der Waals surface area contributed by atoms with E-state index in [9.17, 15) is 9.59 Å². The van der Waals surface area contributed by atoms with E-state index < -0.39 is 0 Å². The molecule has 1 saturated heterocycles. The maximum atomic E-state index is 12.5. The van der Waals surface area contributed by atoms with Crippen LogP contribution in [-0.2, 0) is 13.1 Å². The molecule has 0 radical (unpaired) electrons. The molecule has 0 unspecified atom stereocenters. The average molecular weight is 544 g/mol. The van der Waals surface area contributed by atoms with Gasteiger partial charge in [0.2, 0.25) is 0 Å². The van der Waals surface area contributed by atoms with Gasteiger partial charge < -0.3 is 21.8 Å². The zero-order valence-corrected chi connectivity index (χ0v) is 23.7. The molecule has 2 aromatic carbocycles. The summed E-state index contributed by atoms with van der Waals surface area (Å²) in [7, 11) is 0. The molecule has 5 rings (SSSR count). The predicted octanol–water partition coefficient (Wildman–Crippen LogP) is 4.30. The number of benzene rings is 2. The first-order valence-electron chi connectivity index (χ1n) is 14.2. The number of nitrogens with two attached hydrogens (primary N) is 2. The minimum absolute atomic E-state index is 0.0447. The van der Waals surface area contributed by atoms with Gasteiger partial charge in [0, 0.05) is 30.0 Å². The molecular weight excluding hydrogens is 502 g/mol. The maximum Gasteiger partial charge on any atom is 0.326 e. The molecule has 1 aliphatic rings. The molecule has 6 N–H and O–H groups in total. The summed E-state index contributed by atoms with van der Waals surface area (Å²) >= 11 is 0. The van der Waals surface area contributed by atoms with Gasteiger partial charge in [0.1, 0.15) is 11.3 Å². The summed E-state index contributed by atoms with van der Waals surface area (Å²) in [6.07, 6.45) is 3.27. The SMILES string of the molecule is CC.Cc1cc2c([nH]c(=O)n2Cc2ccc(CN3CCC(CCNC(=O)c4ccc(N)cc4)CC3)cc2)c(N)n1. The number of hydrogen-bond acceptors (Lipinski definition) is 6. The largest absolute Gasteiger partial charge is 0.399 e. The molecular formula is C31H41N7O2. The van der Waals surface area contributed by atoms with Gasteiger partial charge in [-0.25, -0.2) is 9.78 Å². The summed E-state index contributed by atoms with van der Waals surface area (Å²) < 4.78 is 1.71. The van der Waals surface area contributed by atoms with Crippen molar-refractivity contribution in [2.75, 3.05) is 31.1 Å². The minimum atomic E-state index is -0.184. The van der Waals surface area contributed by atoms with Crippen molar-refractivity contribution in [3.63, 3.8) is 0 Å². The Labute approximate surface area is 235 Å². The van der Waals surface area contributed by atoms with Crippen LogP contribution in [0.25, 0.3) is 11.0 Å². The van der Waals surface area contributed by atoms with Crippen LogP contribution in [0.1, 0.15) is 60.3 Å². The highest BCUT2D eigenvalue weighted by Crippen LogP contribution is 2.22. The number of rotatable bonds is 8. The number of carbonyl (C=O) groups is 1. The normalized spacial score (nSPS) is 14.1. The monoisotopic (exact) mass is 543 g/mol. The van der Waals surface area contributed by atoms with E-state index in [1.165, 1.54) is 5.56 Å². The molecule has 0 aliphatic carbocycles. The number of carbonyl (C=O) groups excluding carboxylic acids is 1. The molecule has 4 aromatic rings. The van der Waals surface area contributed by atoms with Crippen LogP contribution in [0.4, 0.5) is 11.5 Å². The van der Waals surface area contributed by atoms with Crippen LogP contribution in [-0.4, -0.2) is 45.0 Å². The lowest BCUT2D eigenvalue weighted by atomic mass is 9.93. The first kappa shape index (κ1) is 28.9. The zero-order chi connectivity index (χ0) is 28.6. The van der Waals surface area contributed by atoms with Crippen molar-refractivity contribution in [1.29, 1.82) is 0 Å². The number of aromatic nitrogens is 3. The molecule has 0 spiro atoms. The molecule has 2 aromatic heterocycles. The molecule has 212 valence electrons. The van der Waals surface area contributed by atoms with E-state index in [2.05, 4.69) is 44.5 Å². The van der Waals surface area contributed by atoms with Crippen molar-refractivity contribution in [1.82, 2.24) is 24.8 Å². The number of H-pyrrole nitrogens is 1. The van der Waals surface area contributed by atoms with Gasteiger partial charge in [-0.2, -0.15) is 0 Å². The molecule has 1 amide bonds. The number of amides is 1. The quantitative estimate of drug-likeness (QED) is 0.245. The molecule has 1 aliphatic heterocycles. The van der Waals surface area contributed by atoms with Crippen LogP contribution in [0, 0.1) is 12.8 Å². The molecule has 0 bridgehead atoms. The Bertz CT molecular complexity index is 1460. The summed E-state index contributed by atoms with van der Waals surface area (Å²) in [5.74, 6) is 0.928. The van der Waals surface area contributed by atoms with Gasteiger partial charge in [-0.3, -0.25) is 14.3 Å². The van der Waals surface area contributed by atoms with Crippen molar-refractivity contribution in [3.05, 3.63) is 87.5 Å². The number of pyridine rings is 1. The first-order valence-corrected chi connectivity index (χ1v) is 14.2. The summed E-state index contributed by atoms with van der Waals surface area (Å²) in [6.45, 7) is 10.1. The van der Waals surface area contributed by atoms with E-state index in [1.54, 1.807) is 28.8 Å². The van der Waals surface area contributed by atoms with Crippen LogP contribution in [0.5, 0.6) is 0 Å². The number of nitrogens with zero attached hydrogens (tertiary/aromatic N) is 3. The molecule has 1 fully saturated rings. The van der Waals surface area contributed by atoms with Crippen molar-refractivity contribution in [3.8, 4) is 0 Å². The van der Waals surface area contributed by atoms with Crippen molar-refractivity contribution >= 4 is 28.4 Å². The highest BCUT2D eigenvalue weighted by Gasteiger charge is 2.19. The van der Waals surface area contributed by atoms with Crippen LogP contribution >= 0.6 is 0 Å². The number of nitrogens with one attached hydrogen (secondary N) is 2. The van der Waals surface area contributed by atoms with E-state index >= 15 is 0 Å². The molecule has 0 atom stereocenters. The minimum Gasteiger partial charge on any atom is -0.399 e. The van der Waals surface area contributed by atoms with Gasteiger partial charge in [0.15, 0.2) is 0 Å². The van der Waals surface area contributed by atoms with E-state index in [4.69, 9.17) is 11.5 Å². The van der Waals surface area contributed by atoms with Crippen molar-refractivity contribution < 1.29 is 4.79 Å². The Hall–Kier alpha value is -4.11. The summed E-state index contributed by atoms with van der Waals surface area (Å²) in [6, 6.07) is 17.4. The van der Waals surface area contributed by atoms with Gasteiger partial charge >= 0.3 is 5.69 Å². The molecule has 3 heterocycles. The number of hydrogen-bond donors (Lipinski definition) is 4. The average Bonchev–Trinajstić information content (AvgIpc) is 3.27. The molecule has 40 heavy (non-hydrogen) atoms. The van der Waals surface area contributed by atoms with Gasteiger partial charge in [0.05, 0.1) is 12.1 Å². The topological polar surface area (TPSA) is 135 Å². The molecule has 9 heteroatoms. The van der Waals surface area contributed by atoms with Crippen LogP contribution in [0.3, 0.4) is 0 Å². The van der Waals surface area contributed by atoms with Crippen molar-refractivity contribution in [2.45, 2.75) is 53.1 Å². The van der Waals surface area contributed by atoms with Crippen LogP contribution in [0.15, 0.2) is 59.4 Å². The second-order valence-corrected chi connectivity index (χ2v) is 10.3. The summed E-state index contributed by atoms with van der Waals surface area (Å²) in [4.78, 5) is 34.4. The van der Waals surface area contributed by atoms with E-state index in [0.717, 1.165) is 55.7 Å². The molecule has 0 saturated carbocycles. The highest BCUT2D eigenvalue weighted by molar-refractivity contribution is 5.94. The third-order valence-corrected chi connectivity index (χ3v) is 7.41. The van der Waals surface area contributed by atoms with Crippen molar-refractivity contribution in [2.24, 2.45) is 5.92 Å². The number of piperidine rings is 1. The number of aromatic amines is 1. The fraction of sp³-hybridized carbons (Fsp3) is 0.387. The summed E-state index contributed by atoms with van der Waals surface area (Å²) in [5.41, 5.74) is 17.3. The van der Waals surface area contributed by atoms with Gasteiger partial charge in [-0.1, -0.05) is 38.1 Å². The van der Waals surface area contributed by atoms with E-state index in [-0.39, 0.29) is 11.6 Å². The number of likely N-dealkylation sites (tertiary alicyclic amines) is 1. The standard InChI is InChI=1S/C29H35N7O2.C2H6/c1-19-16-25-26(27(31)33-19)34-29(38)36(25)18-22-4-2-21(3-5-22)17-35-14-11-20(12-15-35)10-13-32-28(37)23-6-8-24(30)9-7-23;1-2/h2-9,16,20H,10-15,17-18,30H2,1H3,(H2,31,33)(H,32,37)(H,34,38);1-2H3. The third kappa shape index (κ3) is 7.09. The van der Waals surface area contributed by atoms with E-state index in [0.29, 0.717) is 41.6 Å². The Kier molecular flexibility index (Phi) is 9.60. The summed E-state index contributed by atoms with van der Waals surface area (Å²) in [5, 5.41) is 3.03. The fourth-order valence-electron chi connectivity index (χ4n) is 5.21. The number of anilines is 2. The number of imidazole rings is 1. The molecule has 9 nitrogen and oxygen atoms in total.